The highest BCUT2D eigenvalue weighted by Crippen LogP contribution is 2.05. The van der Waals surface area contributed by atoms with Crippen molar-refractivity contribution in [3.63, 3.8) is 0 Å². The van der Waals surface area contributed by atoms with Gasteiger partial charge in [-0.2, -0.15) is 0 Å². The molecule has 0 aliphatic rings. The molecule has 0 radical (unpaired) electrons. The van der Waals surface area contributed by atoms with Crippen molar-refractivity contribution in [2.45, 2.75) is 38.8 Å². The Balaban J connectivity index is 3.18. The summed E-state index contributed by atoms with van der Waals surface area (Å²) in [4.78, 5) is 0. The van der Waals surface area contributed by atoms with E-state index < -0.39 is 9.04 Å². The SMILES string of the molecule is CCC[SiH](CCC)OC. The highest BCUT2D eigenvalue weighted by atomic mass is 28.3. The van der Waals surface area contributed by atoms with E-state index in [-0.39, 0.29) is 0 Å². The third-order valence-corrected chi connectivity index (χ3v) is 4.66. The molecule has 0 aromatic carbocycles. The van der Waals surface area contributed by atoms with E-state index in [1.165, 1.54) is 24.9 Å². The second-order valence-corrected chi connectivity index (χ2v) is 5.31. The Kier molecular flexibility index (Phi) is 6.42. The van der Waals surface area contributed by atoms with Crippen LogP contribution in [0.15, 0.2) is 0 Å². The minimum atomic E-state index is -0.713. The van der Waals surface area contributed by atoms with Crippen LogP contribution in [0.25, 0.3) is 0 Å². The molecule has 0 bridgehead atoms. The number of rotatable bonds is 5. The molecule has 0 saturated heterocycles. The summed E-state index contributed by atoms with van der Waals surface area (Å²) in [5.41, 5.74) is 0. The molecule has 0 unspecified atom stereocenters. The zero-order chi connectivity index (χ0) is 7.11. The van der Waals surface area contributed by atoms with Crippen molar-refractivity contribution >= 4 is 9.04 Å². The lowest BCUT2D eigenvalue weighted by atomic mass is 10.6. The zero-order valence-corrected chi connectivity index (χ0v) is 7.97. The number of hydrogen-bond acceptors (Lipinski definition) is 1. The molecule has 9 heavy (non-hydrogen) atoms. The van der Waals surface area contributed by atoms with Crippen molar-refractivity contribution in [3.05, 3.63) is 0 Å². The standard InChI is InChI=1S/C7H18OSi/c1-4-6-9(8-3)7-5-2/h9H,4-7H2,1-3H3. The van der Waals surface area contributed by atoms with Crippen LogP contribution in [0.1, 0.15) is 26.7 Å². The summed E-state index contributed by atoms with van der Waals surface area (Å²) in [5.74, 6) is 0. The van der Waals surface area contributed by atoms with E-state index in [0.29, 0.717) is 0 Å². The van der Waals surface area contributed by atoms with E-state index in [2.05, 4.69) is 13.8 Å². The second kappa shape index (κ2) is 6.30. The zero-order valence-electron chi connectivity index (χ0n) is 6.81. The Hall–Kier alpha value is 0.177. The Morgan fingerprint density at radius 1 is 1.11 bits per heavy atom. The van der Waals surface area contributed by atoms with Crippen molar-refractivity contribution in [2.75, 3.05) is 7.11 Å². The summed E-state index contributed by atoms with van der Waals surface area (Å²) in [7, 11) is 1.15. The van der Waals surface area contributed by atoms with E-state index in [0.717, 1.165) is 0 Å². The summed E-state index contributed by atoms with van der Waals surface area (Å²) >= 11 is 0. The first-order valence-corrected chi connectivity index (χ1v) is 5.98. The second-order valence-electron chi connectivity index (χ2n) is 2.44. The van der Waals surface area contributed by atoms with Crippen molar-refractivity contribution in [2.24, 2.45) is 0 Å². The molecule has 0 atom stereocenters. The monoisotopic (exact) mass is 146 g/mol. The molecule has 0 aromatic heterocycles. The minimum absolute atomic E-state index is 0.713. The van der Waals surface area contributed by atoms with Gasteiger partial charge in [0.25, 0.3) is 0 Å². The summed E-state index contributed by atoms with van der Waals surface area (Å²) in [5, 5.41) is 0. The molecule has 0 aromatic rings. The molecular weight excluding hydrogens is 128 g/mol. The first-order valence-electron chi connectivity index (χ1n) is 3.87. The third-order valence-electron chi connectivity index (χ3n) is 1.55. The molecule has 0 amide bonds. The normalized spacial score (nSPS) is 10.7. The van der Waals surface area contributed by atoms with Gasteiger partial charge >= 0.3 is 0 Å². The summed E-state index contributed by atoms with van der Waals surface area (Å²) in [6.07, 6.45) is 2.59. The third kappa shape index (κ3) is 4.67. The van der Waals surface area contributed by atoms with Crippen LogP contribution in [0.5, 0.6) is 0 Å². The Labute approximate surface area is 60.1 Å². The average molecular weight is 146 g/mol. The van der Waals surface area contributed by atoms with Gasteiger partial charge in [0.15, 0.2) is 9.04 Å². The van der Waals surface area contributed by atoms with Gasteiger partial charge in [-0.05, 0) is 12.1 Å². The van der Waals surface area contributed by atoms with E-state index in [9.17, 15) is 0 Å². The quantitative estimate of drug-likeness (QED) is 0.540. The molecule has 0 heterocycles. The maximum atomic E-state index is 5.37. The molecule has 56 valence electrons. The van der Waals surface area contributed by atoms with Crippen LogP contribution in [0, 0.1) is 0 Å². The van der Waals surface area contributed by atoms with Gasteiger partial charge in [0.1, 0.15) is 0 Å². The van der Waals surface area contributed by atoms with Gasteiger partial charge in [0, 0.05) is 7.11 Å². The topological polar surface area (TPSA) is 9.23 Å². The van der Waals surface area contributed by atoms with E-state index in [1.807, 2.05) is 7.11 Å². The van der Waals surface area contributed by atoms with Crippen LogP contribution in [0.2, 0.25) is 12.1 Å². The van der Waals surface area contributed by atoms with Crippen LogP contribution in [0.4, 0.5) is 0 Å². The largest absolute Gasteiger partial charge is 0.423 e. The van der Waals surface area contributed by atoms with Gasteiger partial charge in [-0.1, -0.05) is 26.7 Å². The van der Waals surface area contributed by atoms with Crippen molar-refractivity contribution in [3.8, 4) is 0 Å². The predicted molar refractivity (Wildman–Crippen MR) is 44.4 cm³/mol. The van der Waals surface area contributed by atoms with Gasteiger partial charge in [-0.15, -0.1) is 0 Å². The van der Waals surface area contributed by atoms with E-state index >= 15 is 0 Å². The molecule has 0 spiro atoms. The van der Waals surface area contributed by atoms with E-state index in [4.69, 9.17) is 4.43 Å². The Morgan fingerprint density at radius 3 is 1.78 bits per heavy atom. The van der Waals surface area contributed by atoms with E-state index in [1.54, 1.807) is 0 Å². The summed E-state index contributed by atoms with van der Waals surface area (Å²) < 4.78 is 5.37. The first kappa shape index (κ1) is 9.18. The molecule has 0 N–H and O–H groups in total. The Bertz CT molecular complexity index is 50.9. The minimum Gasteiger partial charge on any atom is -0.423 e. The smallest absolute Gasteiger partial charge is 0.176 e. The fraction of sp³-hybridized carbons (Fsp3) is 1.00. The lowest BCUT2D eigenvalue weighted by Crippen LogP contribution is -2.13. The highest BCUT2D eigenvalue weighted by Gasteiger charge is 2.05. The van der Waals surface area contributed by atoms with Gasteiger partial charge in [-0.3, -0.25) is 0 Å². The molecular formula is C7H18OSi. The molecule has 0 saturated carbocycles. The van der Waals surface area contributed by atoms with Gasteiger partial charge in [0.2, 0.25) is 0 Å². The summed E-state index contributed by atoms with van der Waals surface area (Å²) in [6, 6.07) is 2.70. The van der Waals surface area contributed by atoms with Crippen molar-refractivity contribution in [1.29, 1.82) is 0 Å². The highest BCUT2D eigenvalue weighted by molar-refractivity contribution is 6.51. The molecule has 2 heteroatoms. The molecule has 1 nitrogen and oxygen atoms in total. The predicted octanol–water partition coefficient (Wildman–Crippen LogP) is 2.18. The lowest BCUT2D eigenvalue weighted by molar-refractivity contribution is 0.416. The molecule has 0 aliphatic carbocycles. The fourth-order valence-electron chi connectivity index (χ4n) is 1.02. The van der Waals surface area contributed by atoms with Crippen LogP contribution >= 0.6 is 0 Å². The van der Waals surface area contributed by atoms with Gasteiger partial charge < -0.3 is 4.43 Å². The van der Waals surface area contributed by atoms with Crippen LogP contribution in [0.3, 0.4) is 0 Å². The van der Waals surface area contributed by atoms with Crippen molar-refractivity contribution < 1.29 is 4.43 Å². The first-order chi connectivity index (χ1) is 4.35. The van der Waals surface area contributed by atoms with Gasteiger partial charge in [0.05, 0.1) is 0 Å². The summed E-state index contributed by atoms with van der Waals surface area (Å²) in [6.45, 7) is 4.46. The maximum Gasteiger partial charge on any atom is 0.176 e. The van der Waals surface area contributed by atoms with Gasteiger partial charge in [-0.25, -0.2) is 0 Å². The lowest BCUT2D eigenvalue weighted by Gasteiger charge is -2.09. The maximum absolute atomic E-state index is 5.37. The molecule has 0 fully saturated rings. The van der Waals surface area contributed by atoms with Crippen molar-refractivity contribution in [1.82, 2.24) is 0 Å². The fourth-order valence-corrected chi connectivity index (χ4v) is 3.07. The van der Waals surface area contributed by atoms with Crippen LogP contribution in [-0.4, -0.2) is 16.2 Å². The van der Waals surface area contributed by atoms with Crippen LogP contribution in [-0.2, 0) is 4.43 Å². The Morgan fingerprint density at radius 2 is 1.56 bits per heavy atom. The average Bonchev–Trinajstić information content (AvgIpc) is 1.88. The number of hydrogen-bond donors (Lipinski definition) is 0. The molecule has 0 aliphatic heterocycles. The molecule has 0 rings (SSSR count). The van der Waals surface area contributed by atoms with Crippen LogP contribution < -0.4 is 0 Å².